The molecule has 1 N–H and O–H groups in total. The molecule has 1 fully saturated rings. The number of rotatable bonds is 8. The van der Waals surface area contributed by atoms with Crippen molar-refractivity contribution in [1.29, 1.82) is 0 Å². The quantitative estimate of drug-likeness (QED) is 0.547. The van der Waals surface area contributed by atoms with Gasteiger partial charge in [-0.05, 0) is 74.2 Å². The molecule has 2 aliphatic rings. The summed E-state index contributed by atoms with van der Waals surface area (Å²) in [6, 6.07) is 14.7. The molecule has 0 bridgehead atoms. The predicted molar refractivity (Wildman–Crippen MR) is 130 cm³/mol. The highest BCUT2D eigenvalue weighted by Gasteiger charge is 2.32. The van der Waals surface area contributed by atoms with Crippen LogP contribution in [0.2, 0.25) is 0 Å². The Hall–Kier alpha value is -2.83. The van der Waals surface area contributed by atoms with Crippen LogP contribution in [0.5, 0.6) is 17.2 Å². The fraction of sp³-hybridized carbons (Fsp3) is 0.444. The molecule has 6 heteroatoms. The summed E-state index contributed by atoms with van der Waals surface area (Å²) < 4.78 is 16.4. The van der Waals surface area contributed by atoms with Crippen molar-refractivity contribution < 1.29 is 14.2 Å². The molecule has 1 saturated heterocycles. The SMILES string of the molecule is CCC1(NCc2ccc3c(c2)OCO3)CCN(CCc2cccc3ncc(OC)cc23)CC1. The number of piperidine rings is 1. The maximum atomic E-state index is 5.53. The third kappa shape index (κ3) is 4.77. The van der Waals surface area contributed by atoms with E-state index in [0.29, 0.717) is 6.79 Å². The van der Waals surface area contributed by atoms with E-state index >= 15 is 0 Å². The van der Waals surface area contributed by atoms with Crippen molar-refractivity contribution in [3.63, 3.8) is 0 Å². The van der Waals surface area contributed by atoms with Crippen molar-refractivity contribution in [2.45, 2.75) is 44.7 Å². The van der Waals surface area contributed by atoms with Crippen molar-refractivity contribution in [1.82, 2.24) is 15.2 Å². The molecule has 3 aromatic rings. The third-order valence-corrected chi connectivity index (χ3v) is 7.32. The van der Waals surface area contributed by atoms with Crippen LogP contribution in [0.15, 0.2) is 48.7 Å². The van der Waals surface area contributed by atoms with Gasteiger partial charge in [0.15, 0.2) is 11.5 Å². The molecule has 174 valence electrons. The Labute approximate surface area is 195 Å². The van der Waals surface area contributed by atoms with Crippen molar-refractivity contribution >= 4 is 10.9 Å². The van der Waals surface area contributed by atoms with Gasteiger partial charge in [0.1, 0.15) is 5.75 Å². The topological polar surface area (TPSA) is 55.8 Å². The van der Waals surface area contributed by atoms with Gasteiger partial charge in [-0.15, -0.1) is 0 Å². The van der Waals surface area contributed by atoms with Crippen LogP contribution >= 0.6 is 0 Å². The molecule has 2 aliphatic heterocycles. The summed E-state index contributed by atoms with van der Waals surface area (Å²) in [5.41, 5.74) is 3.81. The molecule has 0 aliphatic carbocycles. The first kappa shape index (κ1) is 22.0. The number of pyridine rings is 1. The van der Waals surface area contributed by atoms with Gasteiger partial charge in [-0.1, -0.05) is 25.1 Å². The minimum Gasteiger partial charge on any atom is -0.495 e. The summed E-state index contributed by atoms with van der Waals surface area (Å²) >= 11 is 0. The summed E-state index contributed by atoms with van der Waals surface area (Å²) in [6.07, 6.45) is 6.28. The molecule has 0 spiro atoms. The van der Waals surface area contributed by atoms with E-state index in [4.69, 9.17) is 14.2 Å². The Kier molecular flexibility index (Phi) is 6.38. The van der Waals surface area contributed by atoms with Gasteiger partial charge in [-0.2, -0.15) is 0 Å². The molecular weight excluding hydrogens is 414 g/mol. The summed E-state index contributed by atoms with van der Waals surface area (Å²) in [7, 11) is 1.69. The average molecular weight is 448 g/mol. The van der Waals surface area contributed by atoms with Crippen LogP contribution in [-0.4, -0.2) is 49.0 Å². The number of fused-ring (bicyclic) bond motifs is 2. The van der Waals surface area contributed by atoms with E-state index in [9.17, 15) is 0 Å². The van der Waals surface area contributed by atoms with Crippen molar-refractivity contribution in [2.24, 2.45) is 0 Å². The normalized spacial score (nSPS) is 17.4. The van der Waals surface area contributed by atoms with Crippen LogP contribution in [0.25, 0.3) is 10.9 Å². The summed E-state index contributed by atoms with van der Waals surface area (Å²) in [4.78, 5) is 7.14. The number of likely N-dealkylation sites (tertiary alicyclic amines) is 1. The zero-order valence-corrected chi connectivity index (χ0v) is 19.6. The molecule has 6 nitrogen and oxygen atoms in total. The standard InChI is InChI=1S/C27H33N3O3/c1-3-27(29-17-20-7-8-25-26(15-20)33-19-32-25)10-13-30(14-11-27)12-9-21-5-4-6-24-23(21)16-22(31-2)18-28-24/h4-8,15-16,18,29H,3,9-14,17,19H2,1-2H3. The highest BCUT2D eigenvalue weighted by atomic mass is 16.7. The number of hydrogen-bond acceptors (Lipinski definition) is 6. The van der Waals surface area contributed by atoms with Gasteiger partial charge in [-0.3, -0.25) is 4.98 Å². The van der Waals surface area contributed by atoms with Gasteiger partial charge < -0.3 is 24.4 Å². The van der Waals surface area contributed by atoms with Crippen LogP contribution in [0, 0.1) is 0 Å². The van der Waals surface area contributed by atoms with Crippen LogP contribution in [0.1, 0.15) is 37.3 Å². The van der Waals surface area contributed by atoms with E-state index in [1.807, 2.05) is 6.07 Å². The third-order valence-electron chi connectivity index (χ3n) is 7.32. The van der Waals surface area contributed by atoms with Gasteiger partial charge in [0.25, 0.3) is 0 Å². The predicted octanol–water partition coefficient (Wildman–Crippen LogP) is 4.55. The monoisotopic (exact) mass is 447 g/mol. The van der Waals surface area contributed by atoms with E-state index in [1.54, 1.807) is 13.3 Å². The lowest BCUT2D eigenvalue weighted by molar-refractivity contribution is 0.130. The van der Waals surface area contributed by atoms with Gasteiger partial charge in [0, 0.05) is 24.0 Å². The molecule has 0 radical (unpaired) electrons. The lowest BCUT2D eigenvalue weighted by Crippen LogP contribution is -2.53. The van der Waals surface area contributed by atoms with Crippen LogP contribution in [0.4, 0.5) is 0 Å². The number of hydrogen-bond donors (Lipinski definition) is 1. The molecule has 0 atom stereocenters. The first-order valence-corrected chi connectivity index (χ1v) is 12.0. The van der Waals surface area contributed by atoms with Crippen LogP contribution in [0.3, 0.4) is 0 Å². The molecule has 3 heterocycles. The highest BCUT2D eigenvalue weighted by molar-refractivity contribution is 5.83. The Balaban J connectivity index is 1.17. The molecule has 0 saturated carbocycles. The first-order valence-electron chi connectivity index (χ1n) is 12.0. The smallest absolute Gasteiger partial charge is 0.231 e. The average Bonchev–Trinajstić information content (AvgIpc) is 3.34. The second-order valence-electron chi connectivity index (χ2n) is 9.13. The number of ether oxygens (including phenoxy) is 3. The largest absolute Gasteiger partial charge is 0.495 e. The van der Waals surface area contributed by atoms with Crippen molar-refractivity contribution in [3.05, 3.63) is 59.8 Å². The Morgan fingerprint density at radius 2 is 1.94 bits per heavy atom. The molecular formula is C27H33N3O3. The van der Waals surface area contributed by atoms with Crippen molar-refractivity contribution in [3.8, 4) is 17.2 Å². The van der Waals surface area contributed by atoms with E-state index in [2.05, 4.69) is 58.5 Å². The number of nitrogens with one attached hydrogen (secondary N) is 1. The van der Waals surface area contributed by atoms with E-state index < -0.39 is 0 Å². The molecule has 0 unspecified atom stereocenters. The molecule has 33 heavy (non-hydrogen) atoms. The van der Waals surface area contributed by atoms with E-state index in [-0.39, 0.29) is 5.54 Å². The second-order valence-corrected chi connectivity index (χ2v) is 9.13. The lowest BCUT2D eigenvalue weighted by atomic mass is 9.84. The summed E-state index contributed by atoms with van der Waals surface area (Å²) in [6.45, 7) is 6.79. The minimum absolute atomic E-state index is 0.198. The minimum atomic E-state index is 0.198. The Morgan fingerprint density at radius 3 is 2.76 bits per heavy atom. The number of nitrogens with zero attached hydrogens (tertiary/aromatic N) is 2. The zero-order chi connectivity index (χ0) is 22.7. The van der Waals surface area contributed by atoms with E-state index in [1.165, 1.54) is 29.4 Å². The van der Waals surface area contributed by atoms with Gasteiger partial charge in [-0.25, -0.2) is 0 Å². The summed E-state index contributed by atoms with van der Waals surface area (Å²) in [5.74, 6) is 2.52. The lowest BCUT2D eigenvalue weighted by Gasteiger charge is -2.42. The fourth-order valence-electron chi connectivity index (χ4n) is 5.00. The highest BCUT2D eigenvalue weighted by Crippen LogP contribution is 2.33. The first-order chi connectivity index (χ1) is 16.2. The molecule has 5 rings (SSSR count). The summed E-state index contributed by atoms with van der Waals surface area (Å²) in [5, 5.41) is 5.07. The Bertz CT molecular complexity index is 1110. The van der Waals surface area contributed by atoms with Crippen LogP contribution in [-0.2, 0) is 13.0 Å². The fourth-order valence-corrected chi connectivity index (χ4v) is 5.00. The maximum absolute atomic E-state index is 5.53. The number of aromatic nitrogens is 1. The molecule has 1 aromatic heterocycles. The van der Waals surface area contributed by atoms with Gasteiger partial charge in [0.2, 0.25) is 6.79 Å². The van der Waals surface area contributed by atoms with Gasteiger partial charge >= 0.3 is 0 Å². The zero-order valence-electron chi connectivity index (χ0n) is 19.6. The maximum Gasteiger partial charge on any atom is 0.231 e. The van der Waals surface area contributed by atoms with Crippen LogP contribution < -0.4 is 19.5 Å². The molecule has 0 amide bonds. The van der Waals surface area contributed by atoms with E-state index in [0.717, 1.165) is 61.8 Å². The molecule has 2 aromatic carbocycles. The Morgan fingerprint density at radius 1 is 1.09 bits per heavy atom. The second kappa shape index (κ2) is 9.57. The van der Waals surface area contributed by atoms with Crippen molar-refractivity contribution in [2.75, 3.05) is 33.5 Å². The van der Waals surface area contributed by atoms with Gasteiger partial charge in [0.05, 0.1) is 18.8 Å². The number of benzene rings is 2. The number of methoxy groups -OCH3 is 1.